The van der Waals surface area contributed by atoms with Crippen LogP contribution in [0.3, 0.4) is 0 Å². The highest BCUT2D eigenvalue weighted by Crippen LogP contribution is 2.17. The van der Waals surface area contributed by atoms with Crippen molar-refractivity contribution in [1.82, 2.24) is 10.2 Å². The van der Waals surface area contributed by atoms with E-state index >= 15 is 0 Å². The molecule has 1 aromatic rings. The van der Waals surface area contributed by atoms with Crippen molar-refractivity contribution >= 4 is 23.2 Å². The Kier molecular flexibility index (Phi) is 5.23. The van der Waals surface area contributed by atoms with Gasteiger partial charge in [-0.05, 0) is 24.7 Å². The number of hydrogen-bond acceptors (Lipinski definition) is 4. The molecule has 0 radical (unpaired) electrons. The second-order valence-corrected chi connectivity index (χ2v) is 5.26. The number of ether oxygens (including phenoxy) is 1. The Hall–Kier alpha value is -1.30. The van der Waals surface area contributed by atoms with Gasteiger partial charge in [-0.1, -0.05) is 18.5 Å². The minimum Gasteiger partial charge on any atom is -0.398 e. The number of amides is 1. The minimum absolute atomic E-state index is 0.0214. The van der Waals surface area contributed by atoms with Crippen LogP contribution < -0.4 is 11.1 Å². The third kappa shape index (κ3) is 3.85. The number of nitrogen functional groups attached to an aromatic ring is 1. The molecular formula is C14H20ClN3O2. The zero-order valence-corrected chi connectivity index (χ0v) is 12.3. The van der Waals surface area contributed by atoms with E-state index in [1.54, 1.807) is 18.2 Å². The van der Waals surface area contributed by atoms with Gasteiger partial charge in [0, 0.05) is 30.3 Å². The van der Waals surface area contributed by atoms with Gasteiger partial charge in [-0.15, -0.1) is 0 Å². The number of carbonyl (C=O) groups is 1. The summed E-state index contributed by atoms with van der Waals surface area (Å²) in [5, 5.41) is 3.35. The predicted octanol–water partition coefficient (Wildman–Crippen LogP) is 1.37. The maximum Gasteiger partial charge on any atom is 0.253 e. The molecule has 6 heteroatoms. The lowest BCUT2D eigenvalue weighted by Gasteiger charge is -2.32. The molecule has 0 spiro atoms. The van der Waals surface area contributed by atoms with Crippen molar-refractivity contribution in [2.24, 2.45) is 0 Å². The van der Waals surface area contributed by atoms with E-state index in [0.717, 1.165) is 19.6 Å². The van der Waals surface area contributed by atoms with Gasteiger partial charge in [0.2, 0.25) is 0 Å². The molecule has 1 amide bonds. The van der Waals surface area contributed by atoms with Crippen molar-refractivity contribution < 1.29 is 9.53 Å². The number of nitrogens with two attached hydrogens (primary N) is 1. The number of nitrogens with one attached hydrogen (secondary N) is 1. The van der Waals surface area contributed by atoms with E-state index < -0.39 is 0 Å². The number of hydrogen-bond donors (Lipinski definition) is 2. The monoisotopic (exact) mass is 297 g/mol. The number of halogens is 1. The van der Waals surface area contributed by atoms with Gasteiger partial charge in [-0.3, -0.25) is 9.69 Å². The van der Waals surface area contributed by atoms with Crippen LogP contribution in [0.25, 0.3) is 0 Å². The molecule has 2 rings (SSSR count). The highest BCUT2D eigenvalue weighted by molar-refractivity contribution is 6.31. The van der Waals surface area contributed by atoms with Crippen LogP contribution in [0.1, 0.15) is 17.3 Å². The standard InChI is InChI=1S/C14H20ClN3O2/c1-2-18-5-6-20-11(9-18)8-17-14(19)12-7-10(15)3-4-13(12)16/h3-4,7,11H,2,5-6,8-9,16H2,1H3,(H,17,19). The van der Waals surface area contributed by atoms with E-state index in [1.165, 1.54) is 0 Å². The van der Waals surface area contributed by atoms with Crippen LogP contribution in [0.15, 0.2) is 18.2 Å². The lowest BCUT2D eigenvalue weighted by Crippen LogP contribution is -2.47. The summed E-state index contributed by atoms with van der Waals surface area (Å²) in [7, 11) is 0. The normalized spacial score (nSPS) is 19.8. The fourth-order valence-electron chi connectivity index (χ4n) is 2.22. The Bertz CT molecular complexity index is 481. The largest absolute Gasteiger partial charge is 0.398 e. The summed E-state index contributed by atoms with van der Waals surface area (Å²) < 4.78 is 5.64. The van der Waals surface area contributed by atoms with Crippen LogP contribution in [-0.2, 0) is 4.74 Å². The average molecular weight is 298 g/mol. The van der Waals surface area contributed by atoms with Crippen LogP contribution in [-0.4, -0.2) is 49.7 Å². The van der Waals surface area contributed by atoms with Gasteiger partial charge in [0.05, 0.1) is 18.3 Å². The van der Waals surface area contributed by atoms with E-state index in [9.17, 15) is 4.79 Å². The molecule has 0 bridgehead atoms. The second kappa shape index (κ2) is 6.92. The molecule has 5 nitrogen and oxygen atoms in total. The van der Waals surface area contributed by atoms with Gasteiger partial charge in [0.25, 0.3) is 5.91 Å². The molecule has 1 aromatic carbocycles. The minimum atomic E-state index is -0.220. The van der Waals surface area contributed by atoms with E-state index in [-0.39, 0.29) is 12.0 Å². The Labute approximate surface area is 124 Å². The molecule has 1 saturated heterocycles. The number of nitrogens with zero attached hydrogens (tertiary/aromatic N) is 1. The molecule has 1 heterocycles. The van der Waals surface area contributed by atoms with Gasteiger partial charge < -0.3 is 15.8 Å². The zero-order valence-electron chi connectivity index (χ0n) is 11.6. The van der Waals surface area contributed by atoms with E-state index in [2.05, 4.69) is 17.1 Å². The highest BCUT2D eigenvalue weighted by Gasteiger charge is 2.20. The molecule has 1 aliphatic rings. The first-order valence-corrected chi connectivity index (χ1v) is 7.15. The fourth-order valence-corrected chi connectivity index (χ4v) is 2.39. The van der Waals surface area contributed by atoms with Gasteiger partial charge >= 0.3 is 0 Å². The fraction of sp³-hybridized carbons (Fsp3) is 0.500. The summed E-state index contributed by atoms with van der Waals surface area (Å²) in [4.78, 5) is 14.4. The first-order chi connectivity index (χ1) is 9.60. The quantitative estimate of drug-likeness (QED) is 0.824. The average Bonchev–Trinajstić information content (AvgIpc) is 2.47. The smallest absolute Gasteiger partial charge is 0.253 e. The SMILES string of the molecule is CCN1CCOC(CNC(=O)c2cc(Cl)ccc2N)C1. The number of anilines is 1. The van der Waals surface area contributed by atoms with Crippen LogP contribution in [0.2, 0.25) is 5.02 Å². The molecule has 0 aromatic heterocycles. The van der Waals surface area contributed by atoms with Crippen LogP contribution in [0.4, 0.5) is 5.69 Å². The Balaban J connectivity index is 1.90. The van der Waals surface area contributed by atoms with Crippen molar-refractivity contribution in [2.45, 2.75) is 13.0 Å². The summed E-state index contributed by atoms with van der Waals surface area (Å²) in [6.07, 6.45) is 0.0214. The Morgan fingerprint density at radius 1 is 1.60 bits per heavy atom. The summed E-state index contributed by atoms with van der Waals surface area (Å²) in [6.45, 7) is 6.07. The van der Waals surface area contributed by atoms with Crippen molar-refractivity contribution in [2.75, 3.05) is 38.5 Å². The maximum atomic E-state index is 12.1. The number of rotatable bonds is 4. The van der Waals surface area contributed by atoms with E-state index in [4.69, 9.17) is 22.1 Å². The van der Waals surface area contributed by atoms with Crippen molar-refractivity contribution in [3.63, 3.8) is 0 Å². The molecule has 1 aliphatic heterocycles. The van der Waals surface area contributed by atoms with Gasteiger partial charge in [-0.2, -0.15) is 0 Å². The third-order valence-electron chi connectivity index (χ3n) is 3.42. The van der Waals surface area contributed by atoms with Crippen LogP contribution >= 0.6 is 11.6 Å². The molecule has 1 atom stereocenters. The predicted molar refractivity (Wildman–Crippen MR) is 80.1 cm³/mol. The first-order valence-electron chi connectivity index (χ1n) is 6.77. The van der Waals surface area contributed by atoms with Gasteiger partial charge in [0.1, 0.15) is 0 Å². The Morgan fingerprint density at radius 2 is 2.40 bits per heavy atom. The molecule has 3 N–H and O–H groups in total. The number of carbonyl (C=O) groups excluding carboxylic acids is 1. The first kappa shape index (κ1) is 15.1. The third-order valence-corrected chi connectivity index (χ3v) is 3.66. The number of morpholine rings is 1. The highest BCUT2D eigenvalue weighted by atomic mass is 35.5. The Morgan fingerprint density at radius 3 is 3.15 bits per heavy atom. The maximum absolute atomic E-state index is 12.1. The van der Waals surface area contributed by atoms with Gasteiger partial charge in [-0.25, -0.2) is 0 Å². The molecular weight excluding hydrogens is 278 g/mol. The summed E-state index contributed by atoms with van der Waals surface area (Å²) in [5.41, 5.74) is 6.61. The summed E-state index contributed by atoms with van der Waals surface area (Å²) in [6, 6.07) is 4.87. The number of benzene rings is 1. The van der Waals surface area contributed by atoms with Crippen molar-refractivity contribution in [3.8, 4) is 0 Å². The van der Waals surface area contributed by atoms with Crippen LogP contribution in [0.5, 0.6) is 0 Å². The second-order valence-electron chi connectivity index (χ2n) is 4.83. The molecule has 0 aliphatic carbocycles. The van der Waals surface area contributed by atoms with Crippen molar-refractivity contribution in [1.29, 1.82) is 0 Å². The lowest BCUT2D eigenvalue weighted by molar-refractivity contribution is -0.0246. The van der Waals surface area contributed by atoms with Crippen LogP contribution in [0, 0.1) is 0 Å². The van der Waals surface area contributed by atoms with E-state index in [1.807, 2.05) is 0 Å². The molecule has 1 fully saturated rings. The number of likely N-dealkylation sites (N-methyl/N-ethyl adjacent to an activating group) is 1. The van der Waals surface area contributed by atoms with Crippen molar-refractivity contribution in [3.05, 3.63) is 28.8 Å². The molecule has 0 saturated carbocycles. The zero-order chi connectivity index (χ0) is 14.5. The van der Waals surface area contributed by atoms with E-state index in [0.29, 0.717) is 29.4 Å². The summed E-state index contributed by atoms with van der Waals surface area (Å²) >= 11 is 5.88. The molecule has 20 heavy (non-hydrogen) atoms. The van der Waals surface area contributed by atoms with Gasteiger partial charge in [0.15, 0.2) is 0 Å². The topological polar surface area (TPSA) is 67.6 Å². The molecule has 110 valence electrons. The molecule has 1 unspecified atom stereocenters. The summed E-state index contributed by atoms with van der Waals surface area (Å²) in [5.74, 6) is -0.220. The lowest BCUT2D eigenvalue weighted by atomic mass is 10.1.